The highest BCUT2D eigenvalue weighted by Crippen LogP contribution is 2.45. The van der Waals surface area contributed by atoms with Crippen LogP contribution in [0.4, 0.5) is 8.78 Å². The standard InChI is InChI=1S/C26H23F2N5O/c1-14(2)18-9-16(5-7-20(18)27)21-12-32-23(11-29-21)31-25(15-3-4-15)26(32)17-6-8-22-19(24(17)28)10-30-33(22)13-34/h5-12,14-15,34H,3-4,13H2,1-2H3. The molecule has 1 saturated carbocycles. The van der Waals surface area contributed by atoms with Crippen LogP contribution in [0, 0.1) is 11.6 Å². The second kappa shape index (κ2) is 7.70. The van der Waals surface area contributed by atoms with E-state index in [9.17, 15) is 9.50 Å². The van der Waals surface area contributed by atoms with Crippen LogP contribution in [0.25, 0.3) is 39.1 Å². The van der Waals surface area contributed by atoms with E-state index in [2.05, 4.69) is 10.1 Å². The van der Waals surface area contributed by atoms with Crippen molar-refractivity contribution in [3.8, 4) is 22.5 Å². The second-order valence-electron chi connectivity index (χ2n) is 9.16. The van der Waals surface area contributed by atoms with Crippen molar-refractivity contribution in [2.75, 3.05) is 0 Å². The number of benzene rings is 2. The van der Waals surface area contributed by atoms with Crippen LogP contribution < -0.4 is 0 Å². The minimum atomic E-state index is -0.400. The van der Waals surface area contributed by atoms with Crippen LogP contribution in [0.1, 0.15) is 49.8 Å². The molecule has 6 rings (SSSR count). The van der Waals surface area contributed by atoms with E-state index in [1.165, 1.54) is 16.9 Å². The lowest BCUT2D eigenvalue weighted by molar-refractivity contribution is 0.200. The molecule has 3 heterocycles. The number of imidazole rings is 1. The number of hydrogen-bond acceptors (Lipinski definition) is 4. The molecule has 172 valence electrons. The molecule has 0 spiro atoms. The molecule has 1 N–H and O–H groups in total. The van der Waals surface area contributed by atoms with Crippen LogP contribution in [0.5, 0.6) is 0 Å². The molecule has 6 nitrogen and oxygen atoms in total. The number of aliphatic hydroxyl groups is 1. The number of halogens is 2. The van der Waals surface area contributed by atoms with Gasteiger partial charge in [0, 0.05) is 23.2 Å². The van der Waals surface area contributed by atoms with Crippen molar-refractivity contribution < 1.29 is 13.9 Å². The molecule has 1 fully saturated rings. The Morgan fingerprint density at radius 3 is 2.68 bits per heavy atom. The SMILES string of the molecule is CC(C)c1cc(-c2cn3c(-c4ccc5c(cnn5CO)c4F)c(C4CC4)nc3cn2)ccc1F. The van der Waals surface area contributed by atoms with Gasteiger partial charge in [0.25, 0.3) is 0 Å². The Balaban J connectivity index is 1.57. The van der Waals surface area contributed by atoms with E-state index >= 15 is 4.39 Å². The summed E-state index contributed by atoms with van der Waals surface area (Å²) in [6, 6.07) is 8.49. The lowest BCUT2D eigenvalue weighted by atomic mass is 9.99. The summed E-state index contributed by atoms with van der Waals surface area (Å²) >= 11 is 0. The number of hydrogen-bond donors (Lipinski definition) is 1. The third-order valence-corrected chi connectivity index (χ3v) is 6.56. The molecule has 2 aromatic carbocycles. The van der Waals surface area contributed by atoms with Gasteiger partial charge >= 0.3 is 0 Å². The van der Waals surface area contributed by atoms with Gasteiger partial charge in [-0.2, -0.15) is 5.10 Å². The van der Waals surface area contributed by atoms with Crippen molar-refractivity contribution in [3.05, 3.63) is 71.8 Å². The van der Waals surface area contributed by atoms with Crippen molar-refractivity contribution in [1.29, 1.82) is 0 Å². The van der Waals surface area contributed by atoms with Crippen molar-refractivity contribution in [1.82, 2.24) is 24.1 Å². The van der Waals surface area contributed by atoms with E-state index in [0.29, 0.717) is 39.1 Å². The van der Waals surface area contributed by atoms with Gasteiger partial charge in [-0.1, -0.05) is 13.8 Å². The van der Waals surface area contributed by atoms with E-state index in [1.807, 2.05) is 30.5 Å². The maximum absolute atomic E-state index is 15.8. The van der Waals surface area contributed by atoms with E-state index in [4.69, 9.17) is 4.98 Å². The van der Waals surface area contributed by atoms with Crippen molar-refractivity contribution in [2.24, 2.45) is 0 Å². The molecule has 0 unspecified atom stereocenters. The summed E-state index contributed by atoms with van der Waals surface area (Å²) in [7, 11) is 0. The fraction of sp³-hybridized carbons (Fsp3) is 0.269. The van der Waals surface area contributed by atoms with E-state index in [-0.39, 0.29) is 24.4 Å². The smallest absolute Gasteiger partial charge is 0.156 e. The molecule has 5 aromatic rings. The van der Waals surface area contributed by atoms with E-state index < -0.39 is 5.82 Å². The Morgan fingerprint density at radius 1 is 1.12 bits per heavy atom. The number of aromatic nitrogens is 5. The Bertz CT molecular complexity index is 1570. The number of nitrogens with zero attached hydrogens (tertiary/aromatic N) is 5. The molecule has 0 amide bonds. The summed E-state index contributed by atoms with van der Waals surface area (Å²) in [4.78, 5) is 9.38. The number of aliphatic hydroxyl groups excluding tert-OH is 1. The quantitative estimate of drug-likeness (QED) is 0.369. The first-order valence-electron chi connectivity index (χ1n) is 11.4. The van der Waals surface area contributed by atoms with Gasteiger partial charge in [-0.3, -0.25) is 9.38 Å². The predicted molar refractivity (Wildman–Crippen MR) is 125 cm³/mol. The predicted octanol–water partition coefficient (Wildman–Crippen LogP) is 5.64. The zero-order chi connectivity index (χ0) is 23.6. The lowest BCUT2D eigenvalue weighted by Gasteiger charge is -2.11. The summed E-state index contributed by atoms with van der Waals surface area (Å²) < 4.78 is 33.3. The van der Waals surface area contributed by atoms with Crippen LogP contribution >= 0.6 is 0 Å². The topological polar surface area (TPSA) is 68.2 Å². The molecule has 1 aliphatic carbocycles. The molecule has 34 heavy (non-hydrogen) atoms. The normalized spacial score (nSPS) is 14.1. The molecule has 3 aromatic heterocycles. The Labute approximate surface area is 194 Å². The second-order valence-corrected chi connectivity index (χ2v) is 9.16. The van der Waals surface area contributed by atoms with Gasteiger partial charge in [-0.05, 0) is 54.7 Å². The van der Waals surface area contributed by atoms with Crippen molar-refractivity contribution in [3.63, 3.8) is 0 Å². The van der Waals surface area contributed by atoms with Crippen molar-refractivity contribution in [2.45, 2.75) is 45.3 Å². The molecule has 0 saturated heterocycles. The average Bonchev–Trinajstić information content (AvgIpc) is 3.48. The summed E-state index contributed by atoms with van der Waals surface area (Å²) in [5.74, 6) is -0.317. The van der Waals surface area contributed by atoms with Crippen LogP contribution in [0.3, 0.4) is 0 Å². The van der Waals surface area contributed by atoms with Gasteiger partial charge in [0.05, 0.1) is 40.4 Å². The maximum Gasteiger partial charge on any atom is 0.156 e. The first-order valence-corrected chi connectivity index (χ1v) is 11.4. The highest BCUT2D eigenvalue weighted by molar-refractivity contribution is 5.86. The molecule has 1 aliphatic rings. The highest BCUT2D eigenvalue weighted by atomic mass is 19.1. The first-order chi connectivity index (χ1) is 16.5. The minimum Gasteiger partial charge on any atom is -0.374 e. The van der Waals surface area contributed by atoms with Gasteiger partial charge in [-0.25, -0.2) is 18.4 Å². The monoisotopic (exact) mass is 459 g/mol. The molecule has 8 heteroatoms. The van der Waals surface area contributed by atoms with Gasteiger partial charge in [0.15, 0.2) is 5.65 Å². The molecule has 0 aliphatic heterocycles. The van der Waals surface area contributed by atoms with Crippen molar-refractivity contribution >= 4 is 16.6 Å². The van der Waals surface area contributed by atoms with E-state index in [1.54, 1.807) is 24.4 Å². The third kappa shape index (κ3) is 3.20. The van der Waals surface area contributed by atoms with Gasteiger partial charge in [0.1, 0.15) is 18.4 Å². The average molecular weight is 460 g/mol. The third-order valence-electron chi connectivity index (χ3n) is 6.56. The highest BCUT2D eigenvalue weighted by Gasteiger charge is 2.32. The van der Waals surface area contributed by atoms with Gasteiger partial charge in [-0.15, -0.1) is 0 Å². The Morgan fingerprint density at radius 2 is 1.94 bits per heavy atom. The molecular weight excluding hydrogens is 436 g/mol. The van der Waals surface area contributed by atoms with Crippen LogP contribution in [-0.2, 0) is 6.73 Å². The Hall–Kier alpha value is -3.65. The summed E-state index contributed by atoms with van der Waals surface area (Å²) in [5.41, 5.74) is 5.22. The Kier molecular flexibility index (Phi) is 4.74. The van der Waals surface area contributed by atoms with Gasteiger partial charge in [0.2, 0.25) is 0 Å². The molecule has 0 radical (unpaired) electrons. The van der Waals surface area contributed by atoms with Crippen LogP contribution in [0.2, 0.25) is 0 Å². The summed E-state index contributed by atoms with van der Waals surface area (Å²) in [5, 5.41) is 13.9. The summed E-state index contributed by atoms with van der Waals surface area (Å²) in [6.07, 6.45) is 6.99. The van der Waals surface area contributed by atoms with Gasteiger partial charge < -0.3 is 5.11 Å². The zero-order valence-corrected chi connectivity index (χ0v) is 18.8. The maximum atomic E-state index is 15.8. The molecule has 0 bridgehead atoms. The zero-order valence-electron chi connectivity index (χ0n) is 18.8. The first kappa shape index (κ1) is 20.9. The fourth-order valence-electron chi connectivity index (χ4n) is 4.59. The minimum absolute atomic E-state index is 0.0367. The number of rotatable bonds is 5. The molecule has 0 atom stereocenters. The lowest BCUT2D eigenvalue weighted by Crippen LogP contribution is -1.99. The molecular formula is C26H23F2N5O. The largest absolute Gasteiger partial charge is 0.374 e. The van der Waals surface area contributed by atoms with Crippen LogP contribution in [-0.4, -0.2) is 29.3 Å². The van der Waals surface area contributed by atoms with E-state index in [0.717, 1.165) is 24.1 Å². The number of fused-ring (bicyclic) bond motifs is 2. The fourth-order valence-corrected chi connectivity index (χ4v) is 4.59. The summed E-state index contributed by atoms with van der Waals surface area (Å²) in [6.45, 7) is 3.58. The van der Waals surface area contributed by atoms with Crippen LogP contribution in [0.15, 0.2) is 48.9 Å².